The summed E-state index contributed by atoms with van der Waals surface area (Å²) in [5.41, 5.74) is -0.363. The predicted octanol–water partition coefficient (Wildman–Crippen LogP) is 1.83. The lowest BCUT2D eigenvalue weighted by Crippen LogP contribution is -2.44. The summed E-state index contributed by atoms with van der Waals surface area (Å²) in [6.45, 7) is 11.0. The van der Waals surface area contributed by atoms with E-state index >= 15 is 0 Å². The highest BCUT2D eigenvalue weighted by Gasteiger charge is 2.30. The summed E-state index contributed by atoms with van der Waals surface area (Å²) in [5, 5.41) is 12.6. The Morgan fingerprint density at radius 3 is 2.65 bits per heavy atom. The van der Waals surface area contributed by atoms with Gasteiger partial charge in [0.2, 0.25) is 0 Å². The molecular formula is C16H30N4. The third-order valence-corrected chi connectivity index (χ3v) is 4.90. The van der Waals surface area contributed by atoms with Gasteiger partial charge in [-0.15, -0.1) is 0 Å². The monoisotopic (exact) mass is 278 g/mol. The first-order chi connectivity index (χ1) is 9.67. The molecule has 0 aromatic heterocycles. The molecule has 2 fully saturated rings. The largest absolute Gasteiger partial charge is 0.302 e. The molecule has 2 saturated heterocycles. The molecule has 1 N–H and O–H groups in total. The lowest BCUT2D eigenvalue weighted by molar-refractivity contribution is 0.160. The van der Waals surface area contributed by atoms with Crippen LogP contribution in [0.2, 0.25) is 0 Å². The van der Waals surface area contributed by atoms with E-state index in [9.17, 15) is 5.26 Å². The molecule has 4 nitrogen and oxygen atoms in total. The van der Waals surface area contributed by atoms with Crippen LogP contribution in [0.1, 0.15) is 46.0 Å². The molecule has 4 heteroatoms. The number of hydrogen-bond acceptors (Lipinski definition) is 4. The fourth-order valence-corrected chi connectivity index (χ4v) is 3.55. The standard InChI is InChI=1S/C16H30N4/c1-3-18-16(2,14-17)8-12-19-11-7-15(13-19)20-9-5-4-6-10-20/h15,18H,3-13H2,1-2H3. The highest BCUT2D eigenvalue weighted by atomic mass is 15.3. The quantitative estimate of drug-likeness (QED) is 0.805. The summed E-state index contributed by atoms with van der Waals surface area (Å²) < 4.78 is 0. The summed E-state index contributed by atoms with van der Waals surface area (Å²) in [5.74, 6) is 0. The van der Waals surface area contributed by atoms with E-state index in [1.807, 2.05) is 6.92 Å². The Morgan fingerprint density at radius 1 is 1.25 bits per heavy atom. The molecule has 2 heterocycles. The van der Waals surface area contributed by atoms with Crippen LogP contribution in [0.15, 0.2) is 0 Å². The summed E-state index contributed by atoms with van der Waals surface area (Å²) in [4.78, 5) is 5.24. The van der Waals surface area contributed by atoms with Crippen molar-refractivity contribution in [2.75, 3.05) is 39.3 Å². The van der Waals surface area contributed by atoms with E-state index in [4.69, 9.17) is 0 Å². The number of rotatable bonds is 6. The molecule has 0 amide bonds. The molecule has 0 aromatic rings. The minimum Gasteiger partial charge on any atom is -0.302 e. The van der Waals surface area contributed by atoms with Crippen molar-refractivity contribution in [2.24, 2.45) is 0 Å². The van der Waals surface area contributed by atoms with Crippen molar-refractivity contribution in [2.45, 2.75) is 57.5 Å². The van der Waals surface area contributed by atoms with E-state index in [-0.39, 0.29) is 5.54 Å². The predicted molar refractivity (Wildman–Crippen MR) is 82.6 cm³/mol. The maximum atomic E-state index is 9.31. The zero-order valence-corrected chi connectivity index (χ0v) is 13.2. The molecule has 0 saturated carbocycles. The van der Waals surface area contributed by atoms with Gasteiger partial charge >= 0.3 is 0 Å². The Bertz CT molecular complexity index is 332. The highest BCUT2D eigenvalue weighted by Crippen LogP contribution is 2.21. The average Bonchev–Trinajstić information content (AvgIpc) is 2.95. The van der Waals surface area contributed by atoms with Gasteiger partial charge in [-0.25, -0.2) is 0 Å². The molecule has 0 spiro atoms. The van der Waals surface area contributed by atoms with Gasteiger partial charge in [0, 0.05) is 19.1 Å². The minimum absolute atomic E-state index is 0.363. The first-order valence-electron chi connectivity index (χ1n) is 8.29. The van der Waals surface area contributed by atoms with E-state index < -0.39 is 0 Å². The lowest BCUT2D eigenvalue weighted by atomic mass is 9.99. The Morgan fingerprint density at radius 2 is 2.00 bits per heavy atom. The van der Waals surface area contributed by atoms with Gasteiger partial charge in [-0.1, -0.05) is 13.3 Å². The van der Waals surface area contributed by atoms with Crippen LogP contribution < -0.4 is 5.32 Å². The number of piperidine rings is 1. The van der Waals surface area contributed by atoms with Crippen LogP contribution in [0.5, 0.6) is 0 Å². The van der Waals surface area contributed by atoms with E-state index in [0.29, 0.717) is 0 Å². The zero-order chi connectivity index (χ0) is 14.4. The average molecular weight is 278 g/mol. The second-order valence-electron chi connectivity index (χ2n) is 6.56. The summed E-state index contributed by atoms with van der Waals surface area (Å²) in [6, 6.07) is 3.20. The van der Waals surface area contributed by atoms with Gasteiger partial charge in [-0.2, -0.15) is 5.26 Å². The fraction of sp³-hybridized carbons (Fsp3) is 0.938. The number of nitrogens with zero attached hydrogens (tertiary/aromatic N) is 3. The van der Waals surface area contributed by atoms with Crippen LogP contribution in [0.3, 0.4) is 0 Å². The Labute approximate surface area is 124 Å². The van der Waals surface area contributed by atoms with Crippen molar-refractivity contribution < 1.29 is 0 Å². The molecular weight excluding hydrogens is 248 g/mol. The van der Waals surface area contributed by atoms with Crippen LogP contribution in [0.25, 0.3) is 0 Å². The smallest absolute Gasteiger partial charge is 0.105 e. The van der Waals surface area contributed by atoms with Crippen molar-refractivity contribution in [1.82, 2.24) is 15.1 Å². The van der Waals surface area contributed by atoms with Gasteiger partial charge in [0.15, 0.2) is 0 Å². The number of likely N-dealkylation sites (tertiary alicyclic amines) is 2. The minimum atomic E-state index is -0.363. The summed E-state index contributed by atoms with van der Waals surface area (Å²) in [7, 11) is 0. The molecule has 2 unspecified atom stereocenters. The van der Waals surface area contributed by atoms with Gasteiger partial charge in [0.25, 0.3) is 0 Å². The number of nitrogens with one attached hydrogen (secondary N) is 1. The zero-order valence-electron chi connectivity index (χ0n) is 13.2. The maximum absolute atomic E-state index is 9.31. The molecule has 2 aliphatic rings. The van der Waals surface area contributed by atoms with Crippen LogP contribution in [-0.4, -0.2) is 60.6 Å². The van der Waals surface area contributed by atoms with E-state index in [1.54, 1.807) is 0 Å². The highest BCUT2D eigenvalue weighted by molar-refractivity contribution is 5.04. The van der Waals surface area contributed by atoms with E-state index in [1.165, 1.54) is 51.9 Å². The van der Waals surface area contributed by atoms with Crippen molar-refractivity contribution >= 4 is 0 Å². The van der Waals surface area contributed by atoms with E-state index in [2.05, 4.69) is 28.1 Å². The maximum Gasteiger partial charge on any atom is 0.105 e. The first kappa shape index (κ1) is 15.8. The Balaban J connectivity index is 1.74. The first-order valence-corrected chi connectivity index (χ1v) is 8.29. The molecule has 2 atom stereocenters. The lowest BCUT2D eigenvalue weighted by Gasteiger charge is -2.32. The third kappa shape index (κ3) is 4.18. The fourth-order valence-electron chi connectivity index (χ4n) is 3.55. The molecule has 2 aliphatic heterocycles. The normalized spacial score (nSPS) is 28.1. The van der Waals surface area contributed by atoms with Crippen molar-refractivity contribution in [3.05, 3.63) is 0 Å². The second kappa shape index (κ2) is 7.40. The van der Waals surface area contributed by atoms with Gasteiger partial charge in [0.05, 0.1) is 6.07 Å². The molecule has 0 aromatic carbocycles. The number of hydrogen-bond donors (Lipinski definition) is 1. The van der Waals surface area contributed by atoms with Crippen molar-refractivity contribution in [1.29, 1.82) is 5.26 Å². The second-order valence-corrected chi connectivity index (χ2v) is 6.56. The van der Waals surface area contributed by atoms with Gasteiger partial charge in [-0.05, 0) is 58.8 Å². The van der Waals surface area contributed by atoms with E-state index in [0.717, 1.165) is 25.6 Å². The van der Waals surface area contributed by atoms with Crippen LogP contribution in [0.4, 0.5) is 0 Å². The third-order valence-electron chi connectivity index (χ3n) is 4.90. The van der Waals surface area contributed by atoms with Crippen molar-refractivity contribution in [3.63, 3.8) is 0 Å². The molecule has 2 rings (SSSR count). The Hall–Kier alpha value is -0.630. The molecule has 20 heavy (non-hydrogen) atoms. The molecule has 114 valence electrons. The molecule has 0 bridgehead atoms. The Kier molecular flexibility index (Phi) is 5.83. The van der Waals surface area contributed by atoms with Crippen LogP contribution in [-0.2, 0) is 0 Å². The molecule has 0 radical (unpaired) electrons. The van der Waals surface area contributed by atoms with Crippen LogP contribution >= 0.6 is 0 Å². The van der Waals surface area contributed by atoms with Gasteiger partial charge in [0.1, 0.15) is 5.54 Å². The summed E-state index contributed by atoms with van der Waals surface area (Å²) >= 11 is 0. The molecule has 0 aliphatic carbocycles. The van der Waals surface area contributed by atoms with Crippen molar-refractivity contribution in [3.8, 4) is 6.07 Å². The van der Waals surface area contributed by atoms with Crippen LogP contribution in [0, 0.1) is 11.3 Å². The number of nitriles is 1. The van der Waals surface area contributed by atoms with Gasteiger partial charge in [-0.3, -0.25) is 10.2 Å². The van der Waals surface area contributed by atoms with Gasteiger partial charge < -0.3 is 4.90 Å². The SMILES string of the molecule is CCNC(C)(C#N)CCN1CCC(N2CCCCC2)C1. The topological polar surface area (TPSA) is 42.3 Å². The summed E-state index contributed by atoms with van der Waals surface area (Å²) in [6.07, 6.45) is 6.40.